The Bertz CT molecular complexity index is 508. The van der Waals surface area contributed by atoms with E-state index in [1.165, 1.54) is 49.0 Å². The first-order valence-corrected chi connectivity index (χ1v) is 8.37. The number of piperidine rings is 1. The van der Waals surface area contributed by atoms with E-state index in [4.69, 9.17) is 10.5 Å². The Morgan fingerprint density at radius 1 is 1.14 bits per heavy atom. The summed E-state index contributed by atoms with van der Waals surface area (Å²) in [7, 11) is 0. The summed E-state index contributed by atoms with van der Waals surface area (Å²) in [6.45, 7) is 8.18. The van der Waals surface area contributed by atoms with Gasteiger partial charge < -0.3 is 10.5 Å². The van der Waals surface area contributed by atoms with Crippen molar-refractivity contribution in [2.45, 2.75) is 51.5 Å². The van der Waals surface area contributed by atoms with Crippen LogP contribution in [0.2, 0.25) is 0 Å². The van der Waals surface area contributed by atoms with Crippen molar-refractivity contribution in [2.24, 2.45) is 5.73 Å². The standard InChI is InChI=1S/C18H28N2O/c1-14-11-15(2)17-16(12-14)18(13-19,7-6-10-21-17)20-8-4-3-5-9-20/h11-12H,3-10,13,19H2,1-2H3. The lowest BCUT2D eigenvalue weighted by atomic mass is 9.81. The van der Waals surface area contributed by atoms with Crippen LogP contribution >= 0.6 is 0 Å². The van der Waals surface area contributed by atoms with E-state index in [1.807, 2.05) is 0 Å². The zero-order valence-corrected chi connectivity index (χ0v) is 13.5. The van der Waals surface area contributed by atoms with Crippen LogP contribution in [0.15, 0.2) is 12.1 Å². The van der Waals surface area contributed by atoms with Gasteiger partial charge in [-0.1, -0.05) is 24.1 Å². The summed E-state index contributed by atoms with van der Waals surface area (Å²) in [6.07, 6.45) is 6.14. The number of benzene rings is 1. The zero-order valence-electron chi connectivity index (χ0n) is 13.5. The van der Waals surface area contributed by atoms with Crippen molar-refractivity contribution in [1.29, 1.82) is 0 Å². The summed E-state index contributed by atoms with van der Waals surface area (Å²) in [5, 5.41) is 0. The van der Waals surface area contributed by atoms with E-state index in [1.54, 1.807) is 0 Å². The minimum Gasteiger partial charge on any atom is -0.493 e. The van der Waals surface area contributed by atoms with Crippen molar-refractivity contribution in [3.05, 3.63) is 28.8 Å². The monoisotopic (exact) mass is 288 g/mol. The summed E-state index contributed by atoms with van der Waals surface area (Å²) in [6, 6.07) is 4.54. The molecule has 2 aliphatic rings. The Morgan fingerprint density at radius 2 is 1.90 bits per heavy atom. The van der Waals surface area contributed by atoms with E-state index < -0.39 is 0 Å². The number of likely N-dealkylation sites (tertiary alicyclic amines) is 1. The normalized spacial score (nSPS) is 26.8. The highest BCUT2D eigenvalue weighted by Gasteiger charge is 2.41. The molecule has 116 valence electrons. The molecule has 0 bridgehead atoms. The summed E-state index contributed by atoms with van der Waals surface area (Å²) in [5.41, 5.74) is 10.2. The van der Waals surface area contributed by atoms with Gasteiger partial charge in [0.1, 0.15) is 5.75 Å². The molecule has 2 aliphatic heterocycles. The van der Waals surface area contributed by atoms with Crippen molar-refractivity contribution in [3.8, 4) is 5.75 Å². The molecule has 3 rings (SSSR count). The SMILES string of the molecule is Cc1cc(C)c2c(c1)C(CN)(N1CCCCC1)CCCO2. The molecular formula is C18H28N2O. The largest absolute Gasteiger partial charge is 0.493 e. The fraction of sp³-hybridized carbons (Fsp3) is 0.667. The molecule has 1 saturated heterocycles. The molecule has 2 N–H and O–H groups in total. The first-order chi connectivity index (χ1) is 10.2. The predicted molar refractivity (Wildman–Crippen MR) is 86.8 cm³/mol. The molecule has 0 saturated carbocycles. The van der Waals surface area contributed by atoms with Crippen LogP contribution in [0.1, 0.15) is 48.8 Å². The molecule has 0 radical (unpaired) electrons. The summed E-state index contributed by atoms with van der Waals surface area (Å²) < 4.78 is 6.10. The second-order valence-corrected chi connectivity index (χ2v) is 6.69. The molecular weight excluding hydrogens is 260 g/mol. The average molecular weight is 288 g/mol. The third kappa shape index (κ3) is 2.58. The van der Waals surface area contributed by atoms with E-state index in [9.17, 15) is 0 Å². The fourth-order valence-electron chi connectivity index (χ4n) is 4.16. The summed E-state index contributed by atoms with van der Waals surface area (Å²) in [5.74, 6) is 1.09. The molecule has 2 heterocycles. The lowest BCUT2D eigenvalue weighted by Crippen LogP contribution is -2.53. The highest BCUT2D eigenvalue weighted by atomic mass is 16.5. The molecule has 1 aromatic rings. The Balaban J connectivity index is 2.12. The van der Waals surface area contributed by atoms with Crippen LogP contribution in [0.5, 0.6) is 5.75 Å². The third-order valence-electron chi connectivity index (χ3n) is 5.20. The maximum absolute atomic E-state index is 6.36. The van der Waals surface area contributed by atoms with E-state index in [0.29, 0.717) is 6.54 Å². The first-order valence-electron chi connectivity index (χ1n) is 8.37. The number of aryl methyl sites for hydroxylation is 2. The van der Waals surface area contributed by atoms with Crippen molar-refractivity contribution in [1.82, 2.24) is 4.90 Å². The molecule has 0 spiro atoms. The van der Waals surface area contributed by atoms with Crippen molar-refractivity contribution >= 4 is 0 Å². The minimum atomic E-state index is -0.0248. The number of hydrogen-bond acceptors (Lipinski definition) is 3. The number of rotatable bonds is 2. The van der Waals surface area contributed by atoms with E-state index in [0.717, 1.165) is 25.2 Å². The highest BCUT2D eigenvalue weighted by Crippen LogP contribution is 2.43. The van der Waals surface area contributed by atoms with Gasteiger partial charge in [0.2, 0.25) is 0 Å². The Hall–Kier alpha value is -1.06. The van der Waals surface area contributed by atoms with Crippen LogP contribution in [-0.4, -0.2) is 31.1 Å². The van der Waals surface area contributed by atoms with Crippen molar-refractivity contribution in [2.75, 3.05) is 26.2 Å². The van der Waals surface area contributed by atoms with Crippen LogP contribution in [0.3, 0.4) is 0 Å². The Kier molecular flexibility index (Phi) is 4.23. The predicted octanol–water partition coefficient (Wildman–Crippen LogP) is 3.12. The topological polar surface area (TPSA) is 38.5 Å². The van der Waals surface area contributed by atoms with E-state index in [-0.39, 0.29) is 5.54 Å². The van der Waals surface area contributed by atoms with Crippen LogP contribution in [0.4, 0.5) is 0 Å². The maximum atomic E-state index is 6.36. The fourth-order valence-corrected chi connectivity index (χ4v) is 4.16. The first kappa shape index (κ1) is 14.9. The smallest absolute Gasteiger partial charge is 0.127 e. The van der Waals surface area contributed by atoms with Gasteiger partial charge in [-0.15, -0.1) is 0 Å². The maximum Gasteiger partial charge on any atom is 0.127 e. The second kappa shape index (κ2) is 5.98. The lowest BCUT2D eigenvalue weighted by molar-refractivity contribution is 0.0624. The number of nitrogens with zero attached hydrogens (tertiary/aromatic N) is 1. The van der Waals surface area contributed by atoms with Crippen LogP contribution < -0.4 is 10.5 Å². The number of hydrogen-bond donors (Lipinski definition) is 1. The molecule has 21 heavy (non-hydrogen) atoms. The molecule has 1 unspecified atom stereocenters. The van der Waals surface area contributed by atoms with Gasteiger partial charge in [0.25, 0.3) is 0 Å². The molecule has 1 fully saturated rings. The van der Waals surface area contributed by atoms with Crippen LogP contribution in [0.25, 0.3) is 0 Å². The number of nitrogens with two attached hydrogens (primary N) is 1. The third-order valence-corrected chi connectivity index (χ3v) is 5.20. The van der Waals surface area contributed by atoms with Crippen molar-refractivity contribution < 1.29 is 4.74 Å². The molecule has 0 amide bonds. The molecule has 0 aromatic heterocycles. The van der Waals surface area contributed by atoms with Gasteiger partial charge in [0.05, 0.1) is 12.1 Å². The molecule has 1 aromatic carbocycles. The molecule has 1 atom stereocenters. The quantitative estimate of drug-likeness (QED) is 0.908. The lowest BCUT2D eigenvalue weighted by Gasteiger charge is -2.45. The van der Waals surface area contributed by atoms with Gasteiger partial charge in [0, 0.05) is 12.1 Å². The number of ether oxygens (including phenoxy) is 1. The van der Waals surface area contributed by atoms with Crippen LogP contribution in [-0.2, 0) is 5.54 Å². The van der Waals surface area contributed by atoms with Crippen molar-refractivity contribution in [3.63, 3.8) is 0 Å². The van der Waals surface area contributed by atoms with E-state index >= 15 is 0 Å². The molecule has 3 heteroatoms. The van der Waals surface area contributed by atoms with Gasteiger partial charge in [-0.25, -0.2) is 0 Å². The van der Waals surface area contributed by atoms with Gasteiger partial charge >= 0.3 is 0 Å². The van der Waals surface area contributed by atoms with Gasteiger partial charge in [0.15, 0.2) is 0 Å². The molecule has 0 aliphatic carbocycles. The van der Waals surface area contributed by atoms with Gasteiger partial charge in [-0.05, 0) is 58.2 Å². The Morgan fingerprint density at radius 3 is 2.62 bits per heavy atom. The van der Waals surface area contributed by atoms with E-state index in [2.05, 4.69) is 30.9 Å². The average Bonchev–Trinajstić information content (AvgIpc) is 2.68. The highest BCUT2D eigenvalue weighted by molar-refractivity contribution is 5.48. The summed E-state index contributed by atoms with van der Waals surface area (Å²) >= 11 is 0. The zero-order chi connectivity index (χ0) is 14.9. The van der Waals surface area contributed by atoms with Crippen LogP contribution in [0, 0.1) is 13.8 Å². The Labute approximate surface area is 128 Å². The minimum absolute atomic E-state index is 0.0248. The second-order valence-electron chi connectivity index (χ2n) is 6.69. The number of fused-ring (bicyclic) bond motifs is 1. The molecule has 3 nitrogen and oxygen atoms in total. The van der Waals surface area contributed by atoms with Gasteiger partial charge in [-0.3, -0.25) is 4.90 Å². The van der Waals surface area contributed by atoms with Gasteiger partial charge in [-0.2, -0.15) is 0 Å². The summed E-state index contributed by atoms with van der Waals surface area (Å²) in [4.78, 5) is 2.64.